The van der Waals surface area contributed by atoms with E-state index >= 15 is 0 Å². The summed E-state index contributed by atoms with van der Waals surface area (Å²) in [5.41, 5.74) is 1.05. The first-order valence-corrected chi connectivity index (χ1v) is 10.2. The van der Waals surface area contributed by atoms with Gasteiger partial charge in [-0.25, -0.2) is 0 Å². The number of ether oxygens (including phenoxy) is 1. The van der Waals surface area contributed by atoms with Crippen LogP contribution in [-0.4, -0.2) is 80.6 Å². The van der Waals surface area contributed by atoms with Crippen LogP contribution in [0.3, 0.4) is 0 Å². The molecule has 1 aromatic carbocycles. The van der Waals surface area contributed by atoms with Crippen LogP contribution in [0.2, 0.25) is 0 Å². The number of nitrogens with zero attached hydrogens (tertiary/aromatic N) is 4. The number of carbonyl (C=O) groups excluding carboxylic acids is 2. The minimum atomic E-state index is -0.599. The summed E-state index contributed by atoms with van der Waals surface area (Å²) < 4.78 is 5.43. The van der Waals surface area contributed by atoms with Crippen molar-refractivity contribution in [3.05, 3.63) is 24.3 Å². The highest BCUT2D eigenvalue weighted by molar-refractivity contribution is 5.97. The highest BCUT2D eigenvalue weighted by Crippen LogP contribution is 2.28. The van der Waals surface area contributed by atoms with Crippen molar-refractivity contribution >= 4 is 17.4 Å². The zero-order chi connectivity index (χ0) is 20.6. The molecule has 1 atom stereocenters. The van der Waals surface area contributed by atoms with Crippen molar-refractivity contribution in [2.75, 3.05) is 57.8 Å². The summed E-state index contributed by atoms with van der Waals surface area (Å²) in [6.45, 7) is 4.83. The number of carbonyl (C=O) groups is 2. The first-order valence-electron chi connectivity index (χ1n) is 10.2. The average Bonchev–Trinajstić information content (AvgIpc) is 3.30. The minimum Gasteiger partial charge on any atom is -0.495 e. The minimum absolute atomic E-state index is 0.0711. The summed E-state index contributed by atoms with van der Waals surface area (Å²) in [7, 11) is 1.66. The van der Waals surface area contributed by atoms with Crippen molar-refractivity contribution in [1.29, 1.82) is 5.26 Å². The Morgan fingerprint density at radius 3 is 2.48 bits per heavy atom. The molecule has 0 aromatic heterocycles. The molecule has 0 aliphatic carbocycles. The van der Waals surface area contributed by atoms with Gasteiger partial charge in [0.15, 0.2) is 0 Å². The molecule has 0 unspecified atom stereocenters. The highest BCUT2D eigenvalue weighted by Gasteiger charge is 2.28. The predicted octanol–water partition coefficient (Wildman–Crippen LogP) is 0.838. The lowest BCUT2D eigenvalue weighted by Gasteiger charge is -2.36. The molecule has 29 heavy (non-hydrogen) atoms. The van der Waals surface area contributed by atoms with Crippen molar-refractivity contribution in [1.82, 2.24) is 15.1 Å². The van der Waals surface area contributed by atoms with Crippen LogP contribution in [0.4, 0.5) is 5.69 Å². The van der Waals surface area contributed by atoms with Gasteiger partial charge in [0.05, 0.1) is 12.8 Å². The molecule has 2 aliphatic rings. The van der Waals surface area contributed by atoms with E-state index in [2.05, 4.69) is 10.2 Å². The molecule has 156 valence electrons. The van der Waals surface area contributed by atoms with Crippen LogP contribution in [0, 0.1) is 11.3 Å². The number of Topliss-reactive ketones (excluding diaryl/α,β-unsaturated/α-hetero) is 1. The van der Waals surface area contributed by atoms with Crippen LogP contribution >= 0.6 is 0 Å². The molecule has 2 aliphatic heterocycles. The number of nitriles is 1. The van der Waals surface area contributed by atoms with Crippen LogP contribution in [0.5, 0.6) is 5.75 Å². The Morgan fingerprint density at radius 1 is 1.14 bits per heavy atom. The Kier molecular flexibility index (Phi) is 7.44. The molecule has 8 nitrogen and oxygen atoms in total. The maximum atomic E-state index is 12.6. The fourth-order valence-electron chi connectivity index (χ4n) is 4.01. The predicted molar refractivity (Wildman–Crippen MR) is 110 cm³/mol. The molecule has 2 fully saturated rings. The number of hydrogen-bond acceptors (Lipinski definition) is 7. The van der Waals surface area contributed by atoms with Gasteiger partial charge in [0.25, 0.3) is 5.78 Å². The second-order valence-corrected chi connectivity index (χ2v) is 7.37. The third-order valence-corrected chi connectivity index (χ3v) is 5.60. The zero-order valence-electron chi connectivity index (χ0n) is 17.0. The summed E-state index contributed by atoms with van der Waals surface area (Å²) in [5, 5.41) is 12.1. The van der Waals surface area contributed by atoms with Gasteiger partial charge in [-0.3, -0.25) is 19.8 Å². The molecule has 2 heterocycles. The summed E-state index contributed by atoms with van der Waals surface area (Å²) in [6.07, 6.45) is 1.79. The number of likely N-dealkylation sites (tertiary alicyclic amines) is 1. The Balaban J connectivity index is 1.46. The maximum absolute atomic E-state index is 12.6. The van der Waals surface area contributed by atoms with Crippen molar-refractivity contribution in [2.45, 2.75) is 25.4 Å². The lowest BCUT2D eigenvalue weighted by Crippen LogP contribution is -2.51. The second kappa shape index (κ2) is 10.2. The van der Waals surface area contributed by atoms with Crippen molar-refractivity contribution in [2.24, 2.45) is 0 Å². The molecule has 3 rings (SSSR count). The highest BCUT2D eigenvalue weighted by atomic mass is 16.5. The summed E-state index contributed by atoms with van der Waals surface area (Å²) in [6, 6.07) is 9.63. The molecule has 1 N–H and O–H groups in total. The number of para-hydroxylation sites is 2. The van der Waals surface area contributed by atoms with Gasteiger partial charge in [-0.2, -0.15) is 5.26 Å². The molecule has 0 radical (unpaired) electrons. The number of methoxy groups -OCH3 is 1. The van der Waals surface area contributed by atoms with Crippen molar-refractivity contribution in [3.8, 4) is 11.8 Å². The number of hydrogen-bond donors (Lipinski definition) is 1. The van der Waals surface area contributed by atoms with Gasteiger partial charge < -0.3 is 14.5 Å². The third kappa shape index (κ3) is 5.25. The first kappa shape index (κ1) is 21.1. The molecule has 0 saturated carbocycles. The van der Waals surface area contributed by atoms with Gasteiger partial charge in [0.1, 0.15) is 18.0 Å². The van der Waals surface area contributed by atoms with E-state index in [1.165, 1.54) is 0 Å². The van der Waals surface area contributed by atoms with E-state index in [0.717, 1.165) is 50.5 Å². The third-order valence-electron chi connectivity index (χ3n) is 5.60. The lowest BCUT2D eigenvalue weighted by atomic mass is 10.2. The normalized spacial score (nSPS) is 18.3. The number of rotatable bonds is 8. The van der Waals surface area contributed by atoms with E-state index in [4.69, 9.17) is 10.00 Å². The van der Waals surface area contributed by atoms with Gasteiger partial charge in [0, 0.05) is 52.2 Å². The summed E-state index contributed by atoms with van der Waals surface area (Å²) >= 11 is 0. The zero-order valence-corrected chi connectivity index (χ0v) is 17.0. The van der Waals surface area contributed by atoms with Crippen LogP contribution in [0.25, 0.3) is 0 Å². The van der Waals surface area contributed by atoms with E-state index in [0.29, 0.717) is 26.1 Å². The molecule has 2 saturated heterocycles. The van der Waals surface area contributed by atoms with E-state index in [9.17, 15) is 9.59 Å². The summed E-state index contributed by atoms with van der Waals surface area (Å²) in [4.78, 5) is 30.6. The smallest absolute Gasteiger partial charge is 0.263 e. The van der Waals surface area contributed by atoms with Crippen LogP contribution in [0.15, 0.2) is 24.3 Å². The van der Waals surface area contributed by atoms with Gasteiger partial charge in [-0.15, -0.1) is 0 Å². The van der Waals surface area contributed by atoms with Gasteiger partial charge in [-0.05, 0) is 25.0 Å². The lowest BCUT2D eigenvalue weighted by molar-refractivity contribution is -0.131. The monoisotopic (exact) mass is 399 g/mol. The topological polar surface area (TPSA) is 88.9 Å². The van der Waals surface area contributed by atoms with E-state index in [1.54, 1.807) is 13.2 Å². The fourth-order valence-corrected chi connectivity index (χ4v) is 4.01. The standard InChI is InChI=1S/C21H29N5O3/c1-29-19-7-3-2-6-17(19)24-12-14-25(15-13-24)20(28)8-9-23-21(18(27)16-22)26-10-4-5-11-26/h2-3,6-7,21,23H,4-5,8-15H2,1H3/t21-/m0/s1. The SMILES string of the molecule is COc1ccccc1N1CCN(C(=O)CCN[C@H](C(=O)C#N)N2CCCC2)CC1. The quantitative estimate of drug-likeness (QED) is 0.648. The van der Waals surface area contributed by atoms with E-state index in [1.807, 2.05) is 34.1 Å². The molecule has 8 heteroatoms. The number of piperazine rings is 1. The van der Waals surface area contributed by atoms with Gasteiger partial charge >= 0.3 is 0 Å². The van der Waals surface area contributed by atoms with E-state index < -0.39 is 11.9 Å². The number of benzene rings is 1. The second-order valence-electron chi connectivity index (χ2n) is 7.37. The molecule has 0 spiro atoms. The van der Waals surface area contributed by atoms with Crippen LogP contribution < -0.4 is 15.0 Å². The van der Waals surface area contributed by atoms with Gasteiger partial charge in [0.2, 0.25) is 5.91 Å². The van der Waals surface area contributed by atoms with E-state index in [-0.39, 0.29) is 5.91 Å². The summed E-state index contributed by atoms with van der Waals surface area (Å²) in [5.74, 6) is 0.429. The van der Waals surface area contributed by atoms with Crippen molar-refractivity contribution in [3.63, 3.8) is 0 Å². The number of anilines is 1. The Morgan fingerprint density at radius 2 is 1.83 bits per heavy atom. The van der Waals surface area contributed by atoms with Gasteiger partial charge in [-0.1, -0.05) is 12.1 Å². The Bertz CT molecular complexity index is 749. The molecule has 1 aromatic rings. The van der Waals surface area contributed by atoms with Crippen LogP contribution in [-0.2, 0) is 9.59 Å². The molecular formula is C21H29N5O3. The first-order chi connectivity index (χ1) is 14.1. The number of ketones is 1. The van der Waals surface area contributed by atoms with Crippen molar-refractivity contribution < 1.29 is 14.3 Å². The Labute approximate surface area is 172 Å². The van der Waals surface area contributed by atoms with Crippen LogP contribution in [0.1, 0.15) is 19.3 Å². The Hall–Kier alpha value is -2.63. The number of nitrogens with one attached hydrogen (secondary N) is 1. The molecular weight excluding hydrogens is 370 g/mol. The molecule has 1 amide bonds. The largest absolute Gasteiger partial charge is 0.495 e. The molecule has 0 bridgehead atoms. The fraction of sp³-hybridized carbons (Fsp3) is 0.571. The maximum Gasteiger partial charge on any atom is 0.263 e. The number of amides is 1. The average molecular weight is 399 g/mol.